The van der Waals surface area contributed by atoms with Crippen LogP contribution in [0.25, 0.3) is 0 Å². The maximum absolute atomic E-state index is 11.8. The Labute approximate surface area is 130 Å². The van der Waals surface area contributed by atoms with Crippen molar-refractivity contribution in [3.63, 3.8) is 0 Å². The third-order valence-electron chi connectivity index (χ3n) is 3.07. The highest BCUT2D eigenvalue weighted by molar-refractivity contribution is 8.00. The molecule has 0 bridgehead atoms. The van der Waals surface area contributed by atoms with Crippen LogP contribution < -0.4 is 15.4 Å². The number of hydrogen-bond acceptors (Lipinski definition) is 4. The SMILES string of the molecule is COc1cccc(SCC(=O)N[C@H]2CCCNC2)c1.Cl. The van der Waals surface area contributed by atoms with E-state index < -0.39 is 0 Å². The summed E-state index contributed by atoms with van der Waals surface area (Å²) in [4.78, 5) is 12.9. The van der Waals surface area contributed by atoms with Crippen LogP contribution in [0.15, 0.2) is 29.2 Å². The van der Waals surface area contributed by atoms with E-state index in [2.05, 4.69) is 10.6 Å². The lowest BCUT2D eigenvalue weighted by Crippen LogP contribution is -2.46. The standard InChI is InChI=1S/C14H20N2O2S.ClH/c1-18-12-5-2-6-13(8-12)19-10-14(17)16-11-4-3-7-15-9-11;/h2,5-6,8,11,15H,3-4,7,9-10H2,1H3,(H,16,17);1H/t11-;/m0./s1. The second-order valence-corrected chi connectivity index (χ2v) is 5.63. The molecule has 1 heterocycles. The second kappa shape index (κ2) is 9.10. The fraction of sp³-hybridized carbons (Fsp3) is 0.500. The maximum atomic E-state index is 11.8. The highest BCUT2D eigenvalue weighted by Gasteiger charge is 2.15. The van der Waals surface area contributed by atoms with Gasteiger partial charge in [0.25, 0.3) is 0 Å². The number of thioether (sulfide) groups is 1. The van der Waals surface area contributed by atoms with Crippen LogP contribution in [0.1, 0.15) is 12.8 Å². The van der Waals surface area contributed by atoms with Gasteiger partial charge in [-0.3, -0.25) is 4.79 Å². The van der Waals surface area contributed by atoms with Crippen LogP contribution in [-0.4, -0.2) is 37.9 Å². The lowest BCUT2D eigenvalue weighted by molar-refractivity contribution is -0.119. The molecule has 0 aliphatic carbocycles. The molecule has 1 fully saturated rings. The van der Waals surface area contributed by atoms with Gasteiger partial charge >= 0.3 is 0 Å². The summed E-state index contributed by atoms with van der Waals surface area (Å²) in [5.41, 5.74) is 0. The van der Waals surface area contributed by atoms with E-state index in [0.717, 1.165) is 36.6 Å². The zero-order valence-electron chi connectivity index (χ0n) is 11.6. The van der Waals surface area contributed by atoms with Crippen LogP contribution >= 0.6 is 24.2 Å². The second-order valence-electron chi connectivity index (χ2n) is 4.58. The average molecular weight is 317 g/mol. The van der Waals surface area contributed by atoms with Crippen molar-refractivity contribution < 1.29 is 9.53 Å². The van der Waals surface area contributed by atoms with Gasteiger partial charge in [0.1, 0.15) is 5.75 Å². The van der Waals surface area contributed by atoms with Crippen molar-refractivity contribution >= 4 is 30.1 Å². The molecule has 0 spiro atoms. The number of carbonyl (C=O) groups is 1. The monoisotopic (exact) mass is 316 g/mol. The van der Waals surface area contributed by atoms with Crippen LogP contribution in [0.3, 0.4) is 0 Å². The van der Waals surface area contributed by atoms with Gasteiger partial charge in [0.05, 0.1) is 12.9 Å². The predicted molar refractivity (Wildman–Crippen MR) is 85.0 cm³/mol. The molecule has 1 aliphatic rings. The van der Waals surface area contributed by atoms with Crippen molar-refractivity contribution in [1.29, 1.82) is 0 Å². The molecule has 1 saturated heterocycles. The van der Waals surface area contributed by atoms with Crippen molar-refractivity contribution in [1.82, 2.24) is 10.6 Å². The molecule has 0 saturated carbocycles. The molecular formula is C14H21ClN2O2S. The highest BCUT2D eigenvalue weighted by Crippen LogP contribution is 2.22. The smallest absolute Gasteiger partial charge is 0.230 e. The van der Waals surface area contributed by atoms with Crippen molar-refractivity contribution in [2.45, 2.75) is 23.8 Å². The van der Waals surface area contributed by atoms with E-state index in [-0.39, 0.29) is 24.4 Å². The molecule has 20 heavy (non-hydrogen) atoms. The van der Waals surface area contributed by atoms with E-state index >= 15 is 0 Å². The molecule has 1 amide bonds. The number of rotatable bonds is 5. The first-order chi connectivity index (χ1) is 9.28. The fourth-order valence-corrected chi connectivity index (χ4v) is 2.84. The minimum Gasteiger partial charge on any atom is -0.497 e. The average Bonchev–Trinajstić information content (AvgIpc) is 2.46. The zero-order chi connectivity index (χ0) is 13.5. The molecule has 4 nitrogen and oxygen atoms in total. The number of piperidine rings is 1. The van der Waals surface area contributed by atoms with Crippen molar-refractivity contribution in [3.05, 3.63) is 24.3 Å². The van der Waals surface area contributed by atoms with Crippen molar-refractivity contribution in [2.75, 3.05) is 26.0 Å². The highest BCUT2D eigenvalue weighted by atomic mass is 35.5. The molecule has 1 aromatic carbocycles. The van der Waals surface area contributed by atoms with E-state index in [4.69, 9.17) is 4.74 Å². The number of methoxy groups -OCH3 is 1. The lowest BCUT2D eigenvalue weighted by Gasteiger charge is -2.23. The number of ether oxygens (including phenoxy) is 1. The summed E-state index contributed by atoms with van der Waals surface area (Å²) >= 11 is 1.53. The van der Waals surface area contributed by atoms with E-state index in [0.29, 0.717) is 5.75 Å². The molecule has 1 aliphatic heterocycles. The van der Waals surface area contributed by atoms with Crippen LogP contribution in [0.4, 0.5) is 0 Å². The third kappa shape index (κ3) is 5.61. The largest absolute Gasteiger partial charge is 0.497 e. The summed E-state index contributed by atoms with van der Waals surface area (Å²) in [5.74, 6) is 1.37. The molecule has 0 unspecified atom stereocenters. The van der Waals surface area contributed by atoms with Crippen molar-refractivity contribution in [2.24, 2.45) is 0 Å². The fourth-order valence-electron chi connectivity index (χ4n) is 2.08. The van der Waals surface area contributed by atoms with Gasteiger partial charge in [-0.15, -0.1) is 24.2 Å². The van der Waals surface area contributed by atoms with Gasteiger partial charge in [0, 0.05) is 17.5 Å². The summed E-state index contributed by atoms with van der Waals surface area (Å²) < 4.78 is 5.16. The summed E-state index contributed by atoms with van der Waals surface area (Å²) in [6, 6.07) is 8.05. The van der Waals surface area contributed by atoms with Gasteiger partial charge in [-0.2, -0.15) is 0 Å². The normalized spacial score (nSPS) is 17.9. The number of carbonyl (C=O) groups excluding carboxylic acids is 1. The molecule has 0 radical (unpaired) electrons. The number of hydrogen-bond donors (Lipinski definition) is 2. The first-order valence-electron chi connectivity index (χ1n) is 6.55. The van der Waals surface area contributed by atoms with Crippen LogP contribution in [0, 0.1) is 0 Å². The number of nitrogens with one attached hydrogen (secondary N) is 2. The third-order valence-corrected chi connectivity index (χ3v) is 4.07. The van der Waals surface area contributed by atoms with Crippen LogP contribution in [-0.2, 0) is 4.79 Å². The molecule has 6 heteroatoms. The minimum absolute atomic E-state index is 0. The first-order valence-corrected chi connectivity index (χ1v) is 7.53. The zero-order valence-corrected chi connectivity index (χ0v) is 13.2. The Morgan fingerprint density at radius 2 is 2.40 bits per heavy atom. The van der Waals surface area contributed by atoms with Crippen molar-refractivity contribution in [3.8, 4) is 5.75 Å². The summed E-state index contributed by atoms with van der Waals surface area (Å²) in [7, 11) is 1.65. The molecule has 2 rings (SSSR count). The van der Waals surface area contributed by atoms with Crippen LogP contribution in [0.5, 0.6) is 5.75 Å². The van der Waals surface area contributed by atoms with E-state index in [1.165, 1.54) is 11.8 Å². The molecule has 112 valence electrons. The summed E-state index contributed by atoms with van der Waals surface area (Å²) in [5, 5.41) is 6.36. The van der Waals surface area contributed by atoms with Gasteiger partial charge in [0.15, 0.2) is 0 Å². The van der Waals surface area contributed by atoms with Gasteiger partial charge in [0.2, 0.25) is 5.91 Å². The van der Waals surface area contributed by atoms with Gasteiger partial charge < -0.3 is 15.4 Å². The Morgan fingerprint density at radius 1 is 1.55 bits per heavy atom. The molecule has 1 aromatic rings. The Hall–Kier alpha value is -0.910. The summed E-state index contributed by atoms with van der Waals surface area (Å²) in [6.45, 7) is 1.94. The predicted octanol–water partition coefficient (Wildman–Crippen LogP) is 2.08. The van der Waals surface area contributed by atoms with E-state index in [9.17, 15) is 4.79 Å². The molecule has 0 aromatic heterocycles. The van der Waals surface area contributed by atoms with E-state index in [1.54, 1.807) is 7.11 Å². The quantitative estimate of drug-likeness (QED) is 0.817. The number of benzene rings is 1. The Kier molecular flexibility index (Phi) is 7.80. The van der Waals surface area contributed by atoms with E-state index in [1.807, 2.05) is 24.3 Å². The van der Waals surface area contributed by atoms with Gasteiger partial charge in [-0.1, -0.05) is 6.07 Å². The topological polar surface area (TPSA) is 50.4 Å². The number of amides is 1. The Balaban J connectivity index is 0.00000200. The number of halogens is 1. The molecule has 1 atom stereocenters. The van der Waals surface area contributed by atoms with Gasteiger partial charge in [-0.05, 0) is 37.6 Å². The maximum Gasteiger partial charge on any atom is 0.230 e. The Morgan fingerprint density at radius 3 is 3.10 bits per heavy atom. The summed E-state index contributed by atoms with van der Waals surface area (Å²) in [6.07, 6.45) is 2.20. The van der Waals surface area contributed by atoms with Gasteiger partial charge in [-0.25, -0.2) is 0 Å². The minimum atomic E-state index is 0. The van der Waals surface area contributed by atoms with Crippen LogP contribution in [0.2, 0.25) is 0 Å². The first kappa shape index (κ1) is 17.1. The Bertz CT molecular complexity index is 425. The molecular weight excluding hydrogens is 296 g/mol. The molecule has 2 N–H and O–H groups in total. The lowest BCUT2D eigenvalue weighted by atomic mass is 10.1.